The van der Waals surface area contributed by atoms with Crippen molar-refractivity contribution in [1.29, 1.82) is 0 Å². The molecule has 1 aromatic heterocycles. The van der Waals surface area contributed by atoms with Crippen LogP contribution in [0, 0.1) is 11.7 Å². The van der Waals surface area contributed by atoms with Crippen molar-refractivity contribution in [1.82, 2.24) is 9.88 Å². The molecule has 1 N–H and O–H groups in total. The quantitative estimate of drug-likeness (QED) is 0.609. The van der Waals surface area contributed by atoms with Gasteiger partial charge in [0.05, 0.1) is 5.52 Å². The first-order valence-electron chi connectivity index (χ1n) is 9.70. The Balaban J connectivity index is 0.00000240. The Labute approximate surface area is 174 Å². The number of carbonyl (C=O) groups is 1. The maximum absolute atomic E-state index is 13.0. The van der Waals surface area contributed by atoms with Crippen LogP contribution in [0.15, 0.2) is 51.7 Å². The number of benzene rings is 2. The van der Waals surface area contributed by atoms with Crippen molar-refractivity contribution in [2.75, 3.05) is 19.6 Å². The van der Waals surface area contributed by atoms with Gasteiger partial charge < -0.3 is 9.32 Å². The smallest absolute Gasteiger partial charge is 0.408 e. The van der Waals surface area contributed by atoms with Crippen LogP contribution in [0.25, 0.3) is 11.1 Å². The molecule has 0 spiro atoms. The predicted octanol–water partition coefficient (Wildman–Crippen LogP) is 4.21. The van der Waals surface area contributed by atoms with Gasteiger partial charge in [0.1, 0.15) is 5.82 Å². The van der Waals surface area contributed by atoms with Gasteiger partial charge in [-0.2, -0.15) is 0 Å². The summed E-state index contributed by atoms with van der Waals surface area (Å²) in [5, 5.41) is 0. The molecule has 4 rings (SSSR count). The fourth-order valence-corrected chi connectivity index (χ4v) is 3.89. The fraction of sp³-hybridized carbons (Fsp3) is 0.364. The van der Waals surface area contributed by atoms with E-state index in [-0.39, 0.29) is 24.0 Å². The van der Waals surface area contributed by atoms with E-state index in [1.165, 1.54) is 17.7 Å². The van der Waals surface area contributed by atoms with Crippen molar-refractivity contribution < 1.29 is 13.6 Å². The average molecular weight is 419 g/mol. The molecule has 0 bridgehead atoms. The molecule has 2 aromatic carbocycles. The van der Waals surface area contributed by atoms with Crippen molar-refractivity contribution in [2.45, 2.75) is 25.7 Å². The van der Waals surface area contributed by atoms with Crippen molar-refractivity contribution >= 4 is 29.3 Å². The summed E-state index contributed by atoms with van der Waals surface area (Å²) in [7, 11) is 0. The lowest BCUT2D eigenvalue weighted by Gasteiger charge is -2.31. The van der Waals surface area contributed by atoms with E-state index in [1.54, 1.807) is 18.2 Å². The molecule has 1 fully saturated rings. The van der Waals surface area contributed by atoms with E-state index >= 15 is 0 Å². The number of oxazole rings is 1. The predicted molar refractivity (Wildman–Crippen MR) is 112 cm³/mol. The molecule has 0 unspecified atom stereocenters. The summed E-state index contributed by atoms with van der Waals surface area (Å²) in [5.41, 5.74) is 2.77. The van der Waals surface area contributed by atoms with Crippen molar-refractivity contribution in [3.8, 4) is 0 Å². The number of hydrogen-bond acceptors (Lipinski definition) is 4. The van der Waals surface area contributed by atoms with Crippen LogP contribution in [-0.4, -0.2) is 35.3 Å². The first-order valence-corrected chi connectivity index (χ1v) is 9.70. The molecule has 0 saturated carbocycles. The van der Waals surface area contributed by atoms with E-state index in [0.717, 1.165) is 38.9 Å². The summed E-state index contributed by atoms with van der Waals surface area (Å²) in [4.78, 5) is 28.6. The van der Waals surface area contributed by atoms with E-state index < -0.39 is 5.76 Å². The molecule has 0 aliphatic carbocycles. The number of ketones is 1. The lowest BCUT2D eigenvalue weighted by molar-refractivity contribution is 0.0951. The van der Waals surface area contributed by atoms with Gasteiger partial charge in [-0.3, -0.25) is 9.78 Å². The lowest BCUT2D eigenvalue weighted by atomic mass is 9.90. The molecular weight excluding hydrogens is 395 g/mol. The zero-order valence-electron chi connectivity index (χ0n) is 16.0. The van der Waals surface area contributed by atoms with Crippen LogP contribution in [0.1, 0.15) is 35.2 Å². The highest BCUT2D eigenvalue weighted by atomic mass is 35.5. The van der Waals surface area contributed by atoms with Crippen LogP contribution in [0.3, 0.4) is 0 Å². The summed E-state index contributed by atoms with van der Waals surface area (Å²) in [6.45, 7) is 2.69. The van der Waals surface area contributed by atoms with Gasteiger partial charge in [-0.25, -0.2) is 9.18 Å². The molecule has 1 aliphatic heterocycles. The number of nitrogens with one attached hydrogen (secondary N) is 1. The third-order valence-electron chi connectivity index (χ3n) is 5.54. The first kappa shape index (κ1) is 21.3. The monoisotopic (exact) mass is 418 g/mol. The Morgan fingerprint density at radius 1 is 1.14 bits per heavy atom. The van der Waals surface area contributed by atoms with Crippen LogP contribution < -0.4 is 5.76 Å². The molecule has 5 nitrogen and oxygen atoms in total. The molecule has 3 aromatic rings. The number of hydrogen-bond donors (Lipinski definition) is 1. The minimum Gasteiger partial charge on any atom is -0.408 e. The molecule has 0 radical (unpaired) electrons. The third-order valence-corrected chi connectivity index (χ3v) is 5.54. The maximum atomic E-state index is 13.0. The summed E-state index contributed by atoms with van der Waals surface area (Å²) < 4.78 is 18.0. The fourth-order valence-electron chi connectivity index (χ4n) is 3.89. The Morgan fingerprint density at radius 3 is 2.59 bits per heavy atom. The zero-order chi connectivity index (χ0) is 19.5. The number of fused-ring (bicyclic) bond motifs is 1. The zero-order valence-corrected chi connectivity index (χ0v) is 16.8. The minimum atomic E-state index is -0.511. The molecule has 1 saturated heterocycles. The molecule has 7 heteroatoms. The molecule has 154 valence electrons. The number of halogens is 2. The highest BCUT2D eigenvalue weighted by molar-refractivity contribution is 5.98. The highest BCUT2D eigenvalue weighted by Crippen LogP contribution is 2.22. The second-order valence-corrected chi connectivity index (χ2v) is 7.51. The number of nitrogens with zero attached hydrogens (tertiary/aromatic N) is 1. The van der Waals surface area contributed by atoms with Crippen molar-refractivity contribution in [3.05, 3.63) is 70.0 Å². The lowest BCUT2D eigenvalue weighted by Crippen LogP contribution is -2.35. The number of rotatable bonds is 6. The number of likely N-dealkylation sites (tertiary alicyclic amines) is 1. The molecular formula is C22H24ClFN2O3. The maximum Gasteiger partial charge on any atom is 0.417 e. The van der Waals surface area contributed by atoms with Gasteiger partial charge in [0, 0.05) is 18.5 Å². The number of aromatic nitrogens is 1. The normalized spacial score (nSPS) is 15.3. The summed E-state index contributed by atoms with van der Waals surface area (Å²) in [6, 6.07) is 11.8. The van der Waals surface area contributed by atoms with Crippen LogP contribution in [0.2, 0.25) is 0 Å². The van der Waals surface area contributed by atoms with Crippen LogP contribution in [-0.2, 0) is 6.42 Å². The van der Waals surface area contributed by atoms with Gasteiger partial charge in [-0.05, 0) is 74.2 Å². The van der Waals surface area contributed by atoms with Crippen molar-refractivity contribution in [2.24, 2.45) is 5.92 Å². The third kappa shape index (κ3) is 5.34. The average Bonchev–Trinajstić information content (AvgIpc) is 3.08. The molecule has 0 atom stereocenters. The minimum absolute atomic E-state index is 0. The van der Waals surface area contributed by atoms with Crippen LogP contribution in [0.4, 0.5) is 4.39 Å². The summed E-state index contributed by atoms with van der Waals surface area (Å²) >= 11 is 0. The second-order valence-electron chi connectivity index (χ2n) is 7.51. The number of piperidine rings is 1. The number of carbonyl (C=O) groups excluding carboxylic acids is 1. The van der Waals surface area contributed by atoms with Crippen LogP contribution >= 0.6 is 12.4 Å². The number of aromatic amines is 1. The SMILES string of the molecule is Cl.O=C(CCN1CCC(Cc2ccc(F)cc2)CC1)c1ccc2[nH]c(=O)oc2c1. The molecule has 2 heterocycles. The van der Waals surface area contributed by atoms with Crippen molar-refractivity contribution in [3.63, 3.8) is 0 Å². The van der Waals surface area contributed by atoms with Crippen LogP contribution in [0.5, 0.6) is 0 Å². The molecule has 29 heavy (non-hydrogen) atoms. The van der Waals surface area contributed by atoms with Gasteiger partial charge in [0.25, 0.3) is 0 Å². The van der Waals surface area contributed by atoms with E-state index in [2.05, 4.69) is 9.88 Å². The standard InChI is InChI=1S/C22H23FN2O3.ClH/c23-18-4-1-15(2-5-18)13-16-7-10-25(11-8-16)12-9-20(26)17-3-6-19-21(14-17)28-22(27)24-19;/h1-6,14,16H,7-13H2,(H,24,27);1H. The van der Waals surface area contributed by atoms with Gasteiger partial charge in [0.15, 0.2) is 11.4 Å². The first-order chi connectivity index (χ1) is 13.6. The van der Waals surface area contributed by atoms with Gasteiger partial charge >= 0.3 is 5.76 Å². The largest absolute Gasteiger partial charge is 0.417 e. The Hall–Kier alpha value is -2.44. The van der Waals surface area contributed by atoms with E-state index in [9.17, 15) is 14.0 Å². The Bertz CT molecular complexity index is 1020. The van der Waals surface area contributed by atoms with E-state index in [0.29, 0.717) is 29.0 Å². The van der Waals surface area contributed by atoms with E-state index in [4.69, 9.17) is 4.42 Å². The molecule has 1 aliphatic rings. The summed E-state index contributed by atoms with van der Waals surface area (Å²) in [6.07, 6.45) is 3.61. The van der Waals surface area contributed by atoms with Gasteiger partial charge in [0.2, 0.25) is 0 Å². The van der Waals surface area contributed by atoms with Gasteiger partial charge in [-0.1, -0.05) is 12.1 Å². The Morgan fingerprint density at radius 2 is 1.86 bits per heavy atom. The van der Waals surface area contributed by atoms with Gasteiger partial charge in [-0.15, -0.1) is 12.4 Å². The second kappa shape index (κ2) is 9.37. The topological polar surface area (TPSA) is 66.3 Å². The van der Waals surface area contributed by atoms with E-state index in [1.807, 2.05) is 12.1 Å². The molecule has 0 amide bonds. The number of Topliss-reactive ketones (excluding diaryl/α,β-unsaturated/α-hetero) is 1. The Kier molecular flexibility index (Phi) is 6.87. The summed E-state index contributed by atoms with van der Waals surface area (Å²) in [5.74, 6) is -0.0420. The number of H-pyrrole nitrogens is 1. The highest BCUT2D eigenvalue weighted by Gasteiger charge is 2.20.